The molecule has 2 heterocycles. The third kappa shape index (κ3) is 3.88. The third-order valence-corrected chi connectivity index (χ3v) is 7.42. The molecule has 0 unspecified atom stereocenters. The molecule has 0 spiro atoms. The fourth-order valence-corrected chi connectivity index (χ4v) is 5.20. The number of sulfone groups is 1. The van der Waals surface area contributed by atoms with E-state index < -0.39 is 14.6 Å². The van der Waals surface area contributed by atoms with Gasteiger partial charge in [-0.15, -0.1) is 0 Å². The van der Waals surface area contributed by atoms with Crippen LogP contribution in [0.15, 0.2) is 30.3 Å². The molecular weight excluding hydrogens is 338 g/mol. The summed E-state index contributed by atoms with van der Waals surface area (Å²) < 4.78 is 23.6. The zero-order chi connectivity index (χ0) is 17.9. The zero-order valence-electron chi connectivity index (χ0n) is 14.8. The van der Waals surface area contributed by atoms with E-state index in [-0.39, 0.29) is 5.91 Å². The Balaban J connectivity index is 1.64. The maximum Gasteiger partial charge on any atom is 0.244 e. The Hall–Kier alpha value is -1.44. The van der Waals surface area contributed by atoms with Crippen LogP contribution in [0.2, 0.25) is 0 Å². The number of hydrogen-bond acceptors (Lipinski definition) is 5. The first-order valence-corrected chi connectivity index (χ1v) is 10.8. The van der Waals surface area contributed by atoms with Crippen LogP contribution >= 0.6 is 0 Å². The number of benzene rings is 1. The number of carbonyl (C=O) groups excluding carboxylic acids is 1. The molecule has 7 heteroatoms. The summed E-state index contributed by atoms with van der Waals surface area (Å²) in [5.74, 6) is -0.198. The van der Waals surface area contributed by atoms with Gasteiger partial charge in [-0.05, 0) is 31.5 Å². The molecule has 0 radical (unpaired) electrons. The molecule has 0 bridgehead atoms. The Kier molecular flexibility index (Phi) is 5.46. The number of nitrogens with one attached hydrogen (secondary N) is 1. The van der Waals surface area contributed by atoms with Gasteiger partial charge in [-0.1, -0.05) is 30.3 Å². The summed E-state index contributed by atoms with van der Waals surface area (Å²) in [5.41, 5.74) is 1.26. The number of carbonyl (C=O) groups is 1. The van der Waals surface area contributed by atoms with Gasteiger partial charge >= 0.3 is 0 Å². The summed E-state index contributed by atoms with van der Waals surface area (Å²) in [4.78, 5) is 17.2. The van der Waals surface area contributed by atoms with Gasteiger partial charge in [-0.25, -0.2) is 8.42 Å². The van der Waals surface area contributed by atoms with Crippen LogP contribution in [0.3, 0.4) is 0 Å². The van der Waals surface area contributed by atoms with Gasteiger partial charge in [0.05, 0.1) is 0 Å². The summed E-state index contributed by atoms with van der Waals surface area (Å²) in [5, 5.41) is 3.16. The molecule has 6 nitrogen and oxygen atoms in total. The monoisotopic (exact) mass is 365 g/mol. The third-order valence-electron chi connectivity index (χ3n) is 5.42. The molecule has 138 valence electrons. The standard InChI is InChI=1S/C18H27N3O3S/c1-25(23,24)18(7-9-19-10-8-18)17(22)21-13-11-20(12-14-21)15-16-5-3-2-4-6-16/h2-6,19H,7-15H2,1H3. The summed E-state index contributed by atoms with van der Waals surface area (Å²) in [6, 6.07) is 10.3. The van der Waals surface area contributed by atoms with Crippen LogP contribution in [0.1, 0.15) is 18.4 Å². The number of piperazine rings is 1. The van der Waals surface area contributed by atoms with Crippen molar-refractivity contribution in [1.29, 1.82) is 0 Å². The van der Waals surface area contributed by atoms with Gasteiger partial charge in [0.25, 0.3) is 0 Å². The highest BCUT2D eigenvalue weighted by Gasteiger charge is 2.50. The highest BCUT2D eigenvalue weighted by molar-refractivity contribution is 7.92. The van der Waals surface area contributed by atoms with Crippen molar-refractivity contribution in [3.63, 3.8) is 0 Å². The van der Waals surface area contributed by atoms with E-state index in [0.717, 1.165) is 19.6 Å². The summed E-state index contributed by atoms with van der Waals surface area (Å²) in [6.07, 6.45) is 1.95. The second-order valence-corrected chi connectivity index (χ2v) is 9.40. The molecule has 0 atom stereocenters. The lowest BCUT2D eigenvalue weighted by molar-refractivity contribution is -0.136. The molecule has 0 saturated carbocycles. The van der Waals surface area contributed by atoms with Crippen LogP contribution in [0.25, 0.3) is 0 Å². The highest BCUT2D eigenvalue weighted by atomic mass is 32.2. The van der Waals surface area contributed by atoms with Gasteiger partial charge in [-0.3, -0.25) is 9.69 Å². The molecule has 1 aromatic carbocycles. The summed E-state index contributed by atoms with van der Waals surface area (Å²) in [6.45, 7) is 4.76. The van der Waals surface area contributed by atoms with E-state index in [0.29, 0.717) is 39.0 Å². The molecule has 1 amide bonds. The maximum absolute atomic E-state index is 13.1. The topological polar surface area (TPSA) is 69.7 Å². The second kappa shape index (κ2) is 7.43. The number of hydrogen-bond donors (Lipinski definition) is 1. The quantitative estimate of drug-likeness (QED) is 0.841. The van der Waals surface area contributed by atoms with Crippen LogP contribution < -0.4 is 5.32 Å². The molecule has 1 aromatic rings. The van der Waals surface area contributed by atoms with Crippen LogP contribution in [-0.2, 0) is 21.2 Å². The number of amides is 1. The van der Waals surface area contributed by atoms with Crippen molar-refractivity contribution in [3.8, 4) is 0 Å². The fraction of sp³-hybridized carbons (Fsp3) is 0.611. The molecule has 3 rings (SSSR count). The minimum Gasteiger partial charge on any atom is -0.339 e. The Labute approximate surface area is 150 Å². The molecule has 2 saturated heterocycles. The van der Waals surface area contributed by atoms with E-state index in [1.165, 1.54) is 11.8 Å². The molecular formula is C18H27N3O3S. The molecule has 0 aromatic heterocycles. The van der Waals surface area contributed by atoms with Gasteiger partial charge in [-0.2, -0.15) is 0 Å². The van der Waals surface area contributed by atoms with Crippen molar-refractivity contribution in [2.75, 3.05) is 45.5 Å². The first kappa shape index (κ1) is 18.4. The number of nitrogens with zero attached hydrogens (tertiary/aromatic N) is 2. The normalized spacial score (nSPS) is 21.9. The van der Waals surface area contributed by atoms with E-state index in [2.05, 4.69) is 22.3 Å². The van der Waals surface area contributed by atoms with E-state index in [1.54, 1.807) is 4.90 Å². The predicted octanol–water partition coefficient (Wildman–Crippen LogP) is 0.498. The van der Waals surface area contributed by atoms with Crippen molar-refractivity contribution in [2.24, 2.45) is 0 Å². The van der Waals surface area contributed by atoms with Crippen molar-refractivity contribution < 1.29 is 13.2 Å². The largest absolute Gasteiger partial charge is 0.339 e. The summed E-state index contributed by atoms with van der Waals surface area (Å²) >= 11 is 0. The highest BCUT2D eigenvalue weighted by Crippen LogP contribution is 2.30. The van der Waals surface area contributed by atoms with Crippen molar-refractivity contribution in [1.82, 2.24) is 15.1 Å². The molecule has 25 heavy (non-hydrogen) atoms. The van der Waals surface area contributed by atoms with Gasteiger partial charge in [0.15, 0.2) is 14.6 Å². The van der Waals surface area contributed by atoms with E-state index in [9.17, 15) is 13.2 Å². The average Bonchev–Trinajstić information content (AvgIpc) is 2.62. The zero-order valence-corrected chi connectivity index (χ0v) is 15.6. The van der Waals surface area contributed by atoms with Crippen LogP contribution in [0.5, 0.6) is 0 Å². The van der Waals surface area contributed by atoms with Crippen LogP contribution in [-0.4, -0.2) is 74.4 Å². The van der Waals surface area contributed by atoms with Crippen molar-refractivity contribution in [3.05, 3.63) is 35.9 Å². The van der Waals surface area contributed by atoms with E-state index >= 15 is 0 Å². The van der Waals surface area contributed by atoms with Gasteiger partial charge < -0.3 is 10.2 Å². The van der Waals surface area contributed by atoms with Gasteiger partial charge in [0, 0.05) is 39.0 Å². The Morgan fingerprint density at radius 2 is 1.68 bits per heavy atom. The molecule has 1 N–H and O–H groups in total. The molecule has 2 aliphatic rings. The Morgan fingerprint density at radius 1 is 1.08 bits per heavy atom. The Morgan fingerprint density at radius 3 is 2.24 bits per heavy atom. The first-order chi connectivity index (χ1) is 11.9. The van der Waals surface area contributed by atoms with Crippen molar-refractivity contribution >= 4 is 15.7 Å². The van der Waals surface area contributed by atoms with Gasteiger partial charge in [0.1, 0.15) is 0 Å². The smallest absolute Gasteiger partial charge is 0.244 e. The number of piperidine rings is 1. The summed E-state index contributed by atoms with van der Waals surface area (Å²) in [7, 11) is -3.44. The van der Waals surface area contributed by atoms with E-state index in [1.807, 2.05) is 18.2 Å². The average molecular weight is 365 g/mol. The van der Waals surface area contributed by atoms with Crippen LogP contribution in [0.4, 0.5) is 0 Å². The maximum atomic E-state index is 13.1. The second-order valence-electron chi connectivity index (χ2n) is 7.07. The first-order valence-electron chi connectivity index (χ1n) is 8.88. The number of rotatable bonds is 4. The Bertz CT molecular complexity index is 692. The van der Waals surface area contributed by atoms with Gasteiger partial charge in [0.2, 0.25) is 5.91 Å². The lowest BCUT2D eigenvalue weighted by Gasteiger charge is -2.42. The molecule has 2 aliphatic heterocycles. The fourth-order valence-electron chi connectivity index (χ4n) is 3.81. The van der Waals surface area contributed by atoms with Crippen molar-refractivity contribution in [2.45, 2.75) is 24.1 Å². The minimum absolute atomic E-state index is 0.198. The molecule has 2 fully saturated rings. The predicted molar refractivity (Wildman–Crippen MR) is 98.0 cm³/mol. The van der Waals surface area contributed by atoms with E-state index in [4.69, 9.17) is 0 Å². The SMILES string of the molecule is CS(=O)(=O)C1(C(=O)N2CCN(Cc3ccccc3)CC2)CCNCC1. The lowest BCUT2D eigenvalue weighted by atomic mass is 9.95. The molecule has 0 aliphatic carbocycles. The minimum atomic E-state index is -3.44. The lowest BCUT2D eigenvalue weighted by Crippen LogP contribution is -2.61. The van der Waals surface area contributed by atoms with Crippen LogP contribution in [0, 0.1) is 0 Å².